The molecule has 1 fully saturated rings. The van der Waals surface area contributed by atoms with E-state index in [0.717, 1.165) is 0 Å². The molecule has 1 amide bonds. The topological polar surface area (TPSA) is 93.5 Å². The standard InChI is InChI=1S/C24H20FN3O4/c1-32-17-10-7-14(8-11-17)20-22(28(30)31)21(15-5-3-2-4-6-15)27-24(20)18-13-16(25)9-12-19(18)26-23(24)29/h2-13,20-22,27H,1H3,(H,26,29). The van der Waals surface area contributed by atoms with Gasteiger partial charge in [-0.1, -0.05) is 42.5 Å². The Labute approximate surface area is 183 Å². The lowest BCUT2D eigenvalue weighted by atomic mass is 9.74. The van der Waals surface area contributed by atoms with Gasteiger partial charge in [0.2, 0.25) is 11.9 Å². The SMILES string of the molecule is COc1ccc(C2C([N+](=O)[O-])C(c3ccccc3)NC23C(=O)Nc2ccc(F)cc23)cc1. The first-order valence-corrected chi connectivity index (χ1v) is 10.2. The summed E-state index contributed by atoms with van der Waals surface area (Å²) >= 11 is 0. The second kappa shape index (κ2) is 7.42. The molecule has 162 valence electrons. The number of hydrogen-bond acceptors (Lipinski definition) is 5. The molecule has 4 unspecified atom stereocenters. The Balaban J connectivity index is 1.77. The summed E-state index contributed by atoms with van der Waals surface area (Å²) < 4.78 is 19.5. The Morgan fingerprint density at radius 3 is 2.41 bits per heavy atom. The number of amides is 1. The number of hydrogen-bond donors (Lipinski definition) is 2. The Morgan fingerprint density at radius 2 is 1.75 bits per heavy atom. The molecular formula is C24H20FN3O4. The second-order valence-electron chi connectivity index (χ2n) is 8.01. The first-order valence-electron chi connectivity index (χ1n) is 10.2. The van der Waals surface area contributed by atoms with Crippen molar-refractivity contribution in [2.45, 2.75) is 23.5 Å². The first-order chi connectivity index (χ1) is 15.5. The smallest absolute Gasteiger partial charge is 0.250 e. The molecule has 0 radical (unpaired) electrons. The van der Waals surface area contributed by atoms with Crippen molar-refractivity contribution in [1.82, 2.24) is 5.32 Å². The summed E-state index contributed by atoms with van der Waals surface area (Å²) in [7, 11) is 1.53. The van der Waals surface area contributed by atoms with E-state index in [9.17, 15) is 19.3 Å². The van der Waals surface area contributed by atoms with Crippen molar-refractivity contribution in [2.75, 3.05) is 12.4 Å². The number of nitrogens with one attached hydrogen (secondary N) is 2. The van der Waals surface area contributed by atoms with Crippen molar-refractivity contribution in [3.05, 3.63) is 105 Å². The molecule has 32 heavy (non-hydrogen) atoms. The maximum atomic E-state index is 14.3. The summed E-state index contributed by atoms with van der Waals surface area (Å²) in [5.74, 6) is -1.26. The molecule has 8 heteroatoms. The van der Waals surface area contributed by atoms with E-state index in [0.29, 0.717) is 28.1 Å². The van der Waals surface area contributed by atoms with Gasteiger partial charge in [0, 0.05) is 16.2 Å². The van der Waals surface area contributed by atoms with Crippen molar-refractivity contribution in [3.8, 4) is 5.75 Å². The number of ether oxygens (including phenoxy) is 1. The molecule has 2 aliphatic heterocycles. The number of rotatable bonds is 4. The highest BCUT2D eigenvalue weighted by Crippen LogP contribution is 2.55. The van der Waals surface area contributed by atoms with Gasteiger partial charge in [0.25, 0.3) is 0 Å². The first kappa shape index (κ1) is 20.1. The third-order valence-electron chi connectivity index (χ3n) is 6.42. The minimum Gasteiger partial charge on any atom is -0.497 e. The van der Waals surface area contributed by atoms with Crippen LogP contribution in [0.3, 0.4) is 0 Å². The number of halogens is 1. The van der Waals surface area contributed by atoms with Crippen LogP contribution in [-0.2, 0) is 10.3 Å². The van der Waals surface area contributed by atoms with Crippen LogP contribution in [0.1, 0.15) is 28.7 Å². The second-order valence-corrected chi connectivity index (χ2v) is 8.01. The van der Waals surface area contributed by atoms with E-state index in [1.807, 2.05) is 6.07 Å². The van der Waals surface area contributed by atoms with Gasteiger partial charge in [-0.15, -0.1) is 0 Å². The lowest BCUT2D eigenvalue weighted by Crippen LogP contribution is -2.48. The van der Waals surface area contributed by atoms with E-state index >= 15 is 0 Å². The predicted molar refractivity (Wildman–Crippen MR) is 116 cm³/mol. The van der Waals surface area contributed by atoms with Gasteiger partial charge >= 0.3 is 0 Å². The number of nitro groups is 1. The van der Waals surface area contributed by atoms with E-state index in [1.165, 1.54) is 25.3 Å². The molecule has 1 spiro atoms. The predicted octanol–water partition coefficient (Wildman–Crippen LogP) is 3.76. The van der Waals surface area contributed by atoms with E-state index in [4.69, 9.17) is 4.74 Å². The Hall–Kier alpha value is -3.78. The highest BCUT2D eigenvalue weighted by molar-refractivity contribution is 6.07. The Bertz CT molecular complexity index is 1200. The van der Waals surface area contributed by atoms with Crippen molar-refractivity contribution < 1.29 is 18.8 Å². The van der Waals surface area contributed by atoms with Gasteiger partial charge in [-0.2, -0.15) is 0 Å². The van der Waals surface area contributed by atoms with E-state index in [2.05, 4.69) is 10.6 Å². The van der Waals surface area contributed by atoms with Gasteiger partial charge in [-0.3, -0.25) is 20.2 Å². The molecule has 2 aliphatic rings. The molecule has 7 nitrogen and oxygen atoms in total. The van der Waals surface area contributed by atoms with Crippen LogP contribution < -0.4 is 15.4 Å². The zero-order chi connectivity index (χ0) is 22.5. The molecule has 0 aromatic heterocycles. The fourth-order valence-corrected chi connectivity index (χ4v) is 5.06. The monoisotopic (exact) mass is 433 g/mol. The molecule has 1 saturated heterocycles. The van der Waals surface area contributed by atoms with Crippen LogP contribution in [0.2, 0.25) is 0 Å². The van der Waals surface area contributed by atoms with Gasteiger partial charge < -0.3 is 10.1 Å². The molecule has 3 aromatic rings. The number of benzene rings is 3. The molecule has 0 aliphatic carbocycles. The number of carbonyl (C=O) groups is 1. The van der Waals surface area contributed by atoms with Crippen molar-refractivity contribution in [1.29, 1.82) is 0 Å². The largest absolute Gasteiger partial charge is 0.497 e. The van der Waals surface area contributed by atoms with Crippen LogP contribution in [0.5, 0.6) is 5.75 Å². The number of carbonyl (C=O) groups excluding carboxylic acids is 1. The summed E-state index contributed by atoms with van der Waals surface area (Å²) in [6.07, 6.45) is 0. The maximum absolute atomic E-state index is 14.3. The van der Waals surface area contributed by atoms with Gasteiger partial charge in [0.15, 0.2) is 0 Å². The lowest BCUT2D eigenvalue weighted by molar-refractivity contribution is -0.527. The van der Waals surface area contributed by atoms with Gasteiger partial charge in [-0.25, -0.2) is 4.39 Å². The normalized spacial score (nSPS) is 26.1. The summed E-state index contributed by atoms with van der Waals surface area (Å²) in [5, 5.41) is 18.5. The van der Waals surface area contributed by atoms with Crippen LogP contribution in [0.15, 0.2) is 72.8 Å². The van der Waals surface area contributed by atoms with E-state index in [-0.39, 0.29) is 4.92 Å². The van der Waals surface area contributed by atoms with Crippen molar-refractivity contribution in [3.63, 3.8) is 0 Å². The highest BCUT2D eigenvalue weighted by Gasteiger charge is 2.67. The van der Waals surface area contributed by atoms with Gasteiger partial charge in [-0.05, 0) is 41.5 Å². The molecule has 0 saturated carbocycles. The summed E-state index contributed by atoms with van der Waals surface area (Å²) in [4.78, 5) is 25.6. The van der Waals surface area contributed by atoms with E-state index in [1.54, 1.807) is 48.5 Å². The fourth-order valence-electron chi connectivity index (χ4n) is 5.06. The van der Waals surface area contributed by atoms with E-state index < -0.39 is 35.3 Å². The Morgan fingerprint density at radius 1 is 1.03 bits per heavy atom. The van der Waals surface area contributed by atoms with Crippen LogP contribution in [0, 0.1) is 15.9 Å². The average molecular weight is 433 g/mol. The van der Waals surface area contributed by atoms with Crippen molar-refractivity contribution in [2.24, 2.45) is 0 Å². The van der Waals surface area contributed by atoms with Crippen LogP contribution in [0.4, 0.5) is 10.1 Å². The number of nitrogens with zero attached hydrogens (tertiary/aromatic N) is 1. The number of anilines is 1. The zero-order valence-corrected chi connectivity index (χ0v) is 17.1. The molecule has 2 N–H and O–H groups in total. The van der Waals surface area contributed by atoms with Gasteiger partial charge in [0.05, 0.1) is 13.0 Å². The summed E-state index contributed by atoms with van der Waals surface area (Å²) in [6.45, 7) is 0. The molecule has 4 atom stereocenters. The molecular weight excluding hydrogens is 413 g/mol. The summed E-state index contributed by atoms with van der Waals surface area (Å²) in [5.41, 5.74) is 0.573. The quantitative estimate of drug-likeness (QED) is 0.483. The lowest BCUT2D eigenvalue weighted by Gasteiger charge is -2.29. The number of methoxy groups -OCH3 is 1. The molecule has 0 bridgehead atoms. The van der Waals surface area contributed by atoms with Crippen molar-refractivity contribution >= 4 is 11.6 Å². The maximum Gasteiger partial charge on any atom is 0.250 e. The Kier molecular flexibility index (Phi) is 4.67. The molecule has 3 aromatic carbocycles. The third kappa shape index (κ3) is 2.87. The molecule has 5 rings (SSSR count). The fraction of sp³-hybridized carbons (Fsp3) is 0.208. The molecule has 2 heterocycles. The highest BCUT2D eigenvalue weighted by atomic mass is 19.1. The van der Waals surface area contributed by atoms with Gasteiger partial charge in [0.1, 0.15) is 23.1 Å². The summed E-state index contributed by atoms with van der Waals surface area (Å²) in [6, 6.07) is 17.9. The third-order valence-corrected chi connectivity index (χ3v) is 6.42. The average Bonchev–Trinajstić information content (AvgIpc) is 3.31. The minimum absolute atomic E-state index is 0.348. The minimum atomic E-state index is -1.51. The van der Waals surface area contributed by atoms with Crippen LogP contribution in [0.25, 0.3) is 0 Å². The number of fused-ring (bicyclic) bond motifs is 2. The zero-order valence-electron chi connectivity index (χ0n) is 17.1. The van der Waals surface area contributed by atoms with Crippen LogP contribution >= 0.6 is 0 Å². The van der Waals surface area contributed by atoms with Crippen LogP contribution in [-0.4, -0.2) is 24.0 Å².